The van der Waals surface area contributed by atoms with E-state index in [2.05, 4.69) is 5.10 Å². The smallest absolute Gasteiger partial charge is 0.272 e. The lowest BCUT2D eigenvalue weighted by atomic mass is 10.2. The monoisotopic (exact) mass is 416 g/mol. The summed E-state index contributed by atoms with van der Waals surface area (Å²) in [5.41, 5.74) is 1.60. The van der Waals surface area contributed by atoms with Crippen LogP contribution in [-0.4, -0.2) is 63.7 Å². The van der Waals surface area contributed by atoms with E-state index in [-0.39, 0.29) is 43.2 Å². The van der Waals surface area contributed by atoms with Gasteiger partial charge in [-0.3, -0.25) is 14.3 Å². The molecule has 0 saturated carbocycles. The molecule has 7 nitrogen and oxygen atoms in total. The molecule has 0 N–H and O–H groups in total. The normalized spacial score (nSPS) is 17.5. The number of nitrogens with zero attached hydrogens (tertiary/aromatic N) is 4. The van der Waals surface area contributed by atoms with Crippen LogP contribution >= 0.6 is 0 Å². The maximum absolute atomic E-state index is 14.0. The number of carbonyl (C=O) groups excluding carboxylic acids is 2. The molecule has 30 heavy (non-hydrogen) atoms. The van der Waals surface area contributed by atoms with E-state index in [1.807, 2.05) is 20.8 Å². The Morgan fingerprint density at radius 3 is 2.67 bits per heavy atom. The maximum atomic E-state index is 14.0. The predicted molar refractivity (Wildman–Crippen MR) is 110 cm³/mol. The van der Waals surface area contributed by atoms with Crippen molar-refractivity contribution in [3.05, 3.63) is 53.1 Å². The molecule has 8 heteroatoms. The molecule has 1 aliphatic rings. The highest BCUT2D eigenvalue weighted by Crippen LogP contribution is 2.16. The number of aryl methyl sites for hydroxylation is 2. The van der Waals surface area contributed by atoms with E-state index < -0.39 is 6.10 Å². The lowest BCUT2D eigenvalue weighted by Gasteiger charge is -2.26. The van der Waals surface area contributed by atoms with Gasteiger partial charge in [-0.05, 0) is 25.0 Å². The summed E-state index contributed by atoms with van der Waals surface area (Å²) in [5.74, 6) is -0.437. The molecule has 0 aliphatic carbocycles. The summed E-state index contributed by atoms with van der Waals surface area (Å²) in [6, 6.07) is 8.15. The average molecular weight is 416 g/mol. The van der Waals surface area contributed by atoms with Crippen molar-refractivity contribution >= 4 is 11.8 Å². The van der Waals surface area contributed by atoms with Gasteiger partial charge >= 0.3 is 0 Å². The highest BCUT2D eigenvalue weighted by molar-refractivity contribution is 5.95. The van der Waals surface area contributed by atoms with Gasteiger partial charge in [-0.2, -0.15) is 5.10 Å². The third-order valence-electron chi connectivity index (χ3n) is 5.05. The first kappa shape index (κ1) is 22.0. The van der Waals surface area contributed by atoms with Crippen LogP contribution in [0.2, 0.25) is 0 Å². The standard InChI is InChI=1S/C22H29FN4O3/c1-15(2)10-26-11-18(30-14-17-7-5-6-8-19(17)23)12-27(13-21(26)28)22(29)20-9-16(3)24-25(20)4/h5-9,15,18H,10-14H2,1-4H3/t18-/m0/s1. The summed E-state index contributed by atoms with van der Waals surface area (Å²) in [6.07, 6.45) is -0.423. The molecule has 1 saturated heterocycles. The second-order valence-electron chi connectivity index (χ2n) is 8.20. The summed E-state index contributed by atoms with van der Waals surface area (Å²) >= 11 is 0. The predicted octanol–water partition coefficient (Wildman–Crippen LogP) is 2.39. The van der Waals surface area contributed by atoms with Gasteiger partial charge in [0.1, 0.15) is 18.1 Å². The van der Waals surface area contributed by atoms with Crippen molar-refractivity contribution in [1.82, 2.24) is 19.6 Å². The Balaban J connectivity index is 1.80. The summed E-state index contributed by atoms with van der Waals surface area (Å²) in [6.45, 7) is 7.13. The van der Waals surface area contributed by atoms with Gasteiger partial charge in [-0.15, -0.1) is 0 Å². The number of aromatic nitrogens is 2. The molecule has 1 atom stereocenters. The van der Waals surface area contributed by atoms with Crippen LogP contribution in [0, 0.1) is 18.7 Å². The average Bonchev–Trinajstić information content (AvgIpc) is 2.94. The molecule has 162 valence electrons. The Morgan fingerprint density at radius 2 is 2.03 bits per heavy atom. The highest BCUT2D eigenvalue weighted by atomic mass is 19.1. The van der Waals surface area contributed by atoms with E-state index in [0.29, 0.717) is 24.3 Å². The maximum Gasteiger partial charge on any atom is 0.272 e. The second kappa shape index (κ2) is 9.38. The van der Waals surface area contributed by atoms with E-state index >= 15 is 0 Å². The number of ether oxygens (including phenoxy) is 1. The number of rotatable bonds is 6. The van der Waals surface area contributed by atoms with Crippen molar-refractivity contribution in [1.29, 1.82) is 0 Å². The van der Waals surface area contributed by atoms with Crippen LogP contribution in [0.25, 0.3) is 0 Å². The first-order valence-electron chi connectivity index (χ1n) is 10.2. The summed E-state index contributed by atoms with van der Waals surface area (Å²) < 4.78 is 21.5. The molecule has 0 radical (unpaired) electrons. The van der Waals surface area contributed by atoms with Crippen molar-refractivity contribution in [3.8, 4) is 0 Å². The SMILES string of the molecule is Cc1cc(C(=O)N2CC(=O)N(CC(C)C)C[C@H](OCc3ccccc3F)C2)n(C)n1. The van der Waals surface area contributed by atoms with Crippen LogP contribution < -0.4 is 0 Å². The number of hydrogen-bond donors (Lipinski definition) is 0. The van der Waals surface area contributed by atoms with Crippen LogP contribution in [0.3, 0.4) is 0 Å². The quantitative estimate of drug-likeness (QED) is 0.725. The molecule has 1 aromatic carbocycles. The van der Waals surface area contributed by atoms with Gasteiger partial charge in [0.05, 0.1) is 18.4 Å². The van der Waals surface area contributed by atoms with Gasteiger partial charge in [-0.25, -0.2) is 4.39 Å². The molecule has 1 aromatic heterocycles. The van der Waals surface area contributed by atoms with E-state index in [4.69, 9.17) is 4.74 Å². The van der Waals surface area contributed by atoms with Gasteiger partial charge in [-0.1, -0.05) is 32.0 Å². The molecular weight excluding hydrogens is 387 g/mol. The van der Waals surface area contributed by atoms with Gasteiger partial charge in [0, 0.05) is 32.2 Å². The first-order valence-corrected chi connectivity index (χ1v) is 10.2. The zero-order valence-electron chi connectivity index (χ0n) is 18.0. The largest absolute Gasteiger partial charge is 0.370 e. The molecule has 2 amide bonds. The topological polar surface area (TPSA) is 67.7 Å². The zero-order valence-corrected chi connectivity index (χ0v) is 18.0. The second-order valence-corrected chi connectivity index (χ2v) is 8.20. The third kappa shape index (κ3) is 5.24. The Bertz CT molecular complexity index is 912. The minimum absolute atomic E-state index is 0.0185. The summed E-state index contributed by atoms with van der Waals surface area (Å²) in [4.78, 5) is 29.2. The van der Waals surface area contributed by atoms with Crippen molar-refractivity contribution in [2.24, 2.45) is 13.0 Å². The van der Waals surface area contributed by atoms with Crippen LogP contribution in [0.5, 0.6) is 0 Å². The zero-order chi connectivity index (χ0) is 21.8. The van der Waals surface area contributed by atoms with Crippen LogP contribution in [0.1, 0.15) is 35.6 Å². The van der Waals surface area contributed by atoms with Crippen molar-refractivity contribution in [3.63, 3.8) is 0 Å². The number of halogens is 1. The van der Waals surface area contributed by atoms with Crippen LogP contribution in [-0.2, 0) is 23.2 Å². The van der Waals surface area contributed by atoms with E-state index in [0.717, 1.165) is 5.69 Å². The highest BCUT2D eigenvalue weighted by Gasteiger charge is 2.32. The molecule has 0 unspecified atom stereocenters. The van der Waals surface area contributed by atoms with Gasteiger partial charge in [0.2, 0.25) is 5.91 Å². The Hall–Kier alpha value is -2.74. The minimum Gasteiger partial charge on any atom is -0.370 e. The Kier molecular flexibility index (Phi) is 6.87. The van der Waals surface area contributed by atoms with Crippen LogP contribution in [0.4, 0.5) is 4.39 Å². The van der Waals surface area contributed by atoms with E-state index in [1.54, 1.807) is 36.2 Å². The molecule has 2 aromatic rings. The molecular formula is C22H29FN4O3. The summed E-state index contributed by atoms with van der Waals surface area (Å²) in [7, 11) is 1.71. The van der Waals surface area contributed by atoms with Crippen molar-refractivity contribution < 1.29 is 18.7 Å². The molecule has 3 rings (SSSR count). The van der Waals surface area contributed by atoms with Crippen molar-refractivity contribution in [2.75, 3.05) is 26.2 Å². The van der Waals surface area contributed by atoms with Gasteiger partial charge < -0.3 is 14.5 Å². The number of hydrogen-bond acceptors (Lipinski definition) is 4. The number of benzene rings is 1. The lowest BCUT2D eigenvalue weighted by molar-refractivity contribution is -0.132. The number of amides is 2. The summed E-state index contributed by atoms with van der Waals surface area (Å²) in [5, 5.41) is 4.23. The molecule has 0 bridgehead atoms. The minimum atomic E-state index is -0.423. The molecule has 1 aliphatic heterocycles. The molecule has 1 fully saturated rings. The van der Waals surface area contributed by atoms with Crippen LogP contribution in [0.15, 0.2) is 30.3 Å². The van der Waals surface area contributed by atoms with E-state index in [9.17, 15) is 14.0 Å². The molecule has 2 heterocycles. The lowest BCUT2D eigenvalue weighted by Crippen LogP contribution is -2.41. The molecule has 0 spiro atoms. The van der Waals surface area contributed by atoms with Gasteiger partial charge in [0.15, 0.2) is 0 Å². The Morgan fingerprint density at radius 1 is 1.30 bits per heavy atom. The fourth-order valence-electron chi connectivity index (χ4n) is 3.65. The third-order valence-corrected chi connectivity index (χ3v) is 5.05. The number of carbonyl (C=O) groups is 2. The fraction of sp³-hybridized carbons (Fsp3) is 0.500. The van der Waals surface area contributed by atoms with E-state index in [1.165, 1.54) is 15.6 Å². The Labute approximate surface area is 176 Å². The van der Waals surface area contributed by atoms with Crippen molar-refractivity contribution in [2.45, 2.75) is 33.5 Å². The first-order chi connectivity index (χ1) is 14.2. The fourth-order valence-corrected chi connectivity index (χ4v) is 3.65. The van der Waals surface area contributed by atoms with Gasteiger partial charge in [0.25, 0.3) is 5.91 Å².